The molecule has 0 spiro atoms. The van der Waals surface area contributed by atoms with Gasteiger partial charge in [0.05, 0.1) is 26.7 Å². The Morgan fingerprint density at radius 2 is 2.00 bits per heavy atom. The average molecular weight is 348 g/mol. The van der Waals surface area contributed by atoms with Crippen LogP contribution in [0.4, 0.5) is 4.79 Å². The Labute approximate surface area is 145 Å². The quantitative estimate of drug-likeness (QED) is 0.783. The van der Waals surface area contributed by atoms with Crippen LogP contribution in [0.5, 0.6) is 11.5 Å². The molecule has 1 atom stereocenters. The van der Waals surface area contributed by atoms with Gasteiger partial charge in [0.2, 0.25) is 5.91 Å². The van der Waals surface area contributed by atoms with E-state index < -0.39 is 6.09 Å². The fourth-order valence-electron chi connectivity index (χ4n) is 3.17. The second-order valence-corrected chi connectivity index (χ2v) is 5.97. The molecule has 3 amide bonds. The molecule has 2 aliphatic rings. The first-order valence-corrected chi connectivity index (χ1v) is 8.01. The molecule has 0 radical (unpaired) electrons. The Hall–Kier alpha value is -2.77. The van der Waals surface area contributed by atoms with Gasteiger partial charge in [-0.25, -0.2) is 9.69 Å². The lowest BCUT2D eigenvalue weighted by Gasteiger charge is -2.20. The second-order valence-electron chi connectivity index (χ2n) is 5.97. The van der Waals surface area contributed by atoms with Crippen LogP contribution in [0.25, 0.3) is 0 Å². The van der Waals surface area contributed by atoms with E-state index in [9.17, 15) is 14.4 Å². The van der Waals surface area contributed by atoms with Crippen LogP contribution in [0.15, 0.2) is 18.2 Å². The van der Waals surface area contributed by atoms with E-state index in [4.69, 9.17) is 14.2 Å². The van der Waals surface area contributed by atoms with Crippen molar-refractivity contribution >= 4 is 17.9 Å². The van der Waals surface area contributed by atoms with E-state index in [-0.39, 0.29) is 30.9 Å². The van der Waals surface area contributed by atoms with Gasteiger partial charge in [-0.15, -0.1) is 0 Å². The summed E-state index contributed by atoms with van der Waals surface area (Å²) in [5.74, 6) is 0.766. The van der Waals surface area contributed by atoms with E-state index >= 15 is 0 Å². The molecule has 8 heteroatoms. The highest BCUT2D eigenvalue weighted by Gasteiger charge is 2.41. The van der Waals surface area contributed by atoms with Gasteiger partial charge in [0, 0.05) is 13.1 Å². The van der Waals surface area contributed by atoms with Gasteiger partial charge < -0.3 is 19.1 Å². The molecule has 1 unspecified atom stereocenters. The minimum Gasteiger partial charge on any atom is -0.493 e. The first-order valence-electron chi connectivity index (χ1n) is 8.01. The SMILES string of the molecule is COc1ccc(CC(=O)N2CCC(N3C(=O)COC3=O)C2)cc1OC. The molecule has 1 aromatic rings. The number of ether oxygens (including phenoxy) is 3. The Bertz CT molecular complexity index is 688. The van der Waals surface area contributed by atoms with Gasteiger partial charge in [-0.05, 0) is 24.1 Å². The molecular formula is C17H20N2O6. The van der Waals surface area contributed by atoms with Crippen LogP contribution in [-0.4, -0.2) is 67.7 Å². The van der Waals surface area contributed by atoms with Gasteiger partial charge in [-0.3, -0.25) is 9.59 Å². The summed E-state index contributed by atoms with van der Waals surface area (Å²) in [7, 11) is 3.10. The minimum atomic E-state index is -0.621. The van der Waals surface area contributed by atoms with E-state index in [0.29, 0.717) is 31.0 Å². The number of imide groups is 1. The van der Waals surface area contributed by atoms with Gasteiger partial charge in [-0.1, -0.05) is 6.07 Å². The Kier molecular flexibility index (Phi) is 4.78. The lowest BCUT2D eigenvalue weighted by molar-refractivity contribution is -0.131. The summed E-state index contributed by atoms with van der Waals surface area (Å²) in [6, 6.07) is 5.03. The molecule has 2 fully saturated rings. The lowest BCUT2D eigenvalue weighted by atomic mass is 10.1. The van der Waals surface area contributed by atoms with E-state index in [1.165, 1.54) is 0 Å². The molecule has 0 bridgehead atoms. The summed E-state index contributed by atoms with van der Waals surface area (Å²) in [6.07, 6.45) is 0.161. The van der Waals surface area contributed by atoms with Gasteiger partial charge >= 0.3 is 6.09 Å². The van der Waals surface area contributed by atoms with Gasteiger partial charge in [-0.2, -0.15) is 0 Å². The number of likely N-dealkylation sites (tertiary alicyclic amines) is 1. The first-order chi connectivity index (χ1) is 12.0. The monoisotopic (exact) mass is 348 g/mol. The normalized spacial score (nSPS) is 20.0. The highest BCUT2D eigenvalue weighted by atomic mass is 16.6. The topological polar surface area (TPSA) is 85.4 Å². The summed E-state index contributed by atoms with van der Waals surface area (Å²) in [6.45, 7) is 0.635. The Balaban J connectivity index is 1.63. The van der Waals surface area contributed by atoms with Crippen molar-refractivity contribution < 1.29 is 28.6 Å². The summed E-state index contributed by atoms with van der Waals surface area (Å²) in [5.41, 5.74) is 0.808. The van der Waals surface area contributed by atoms with Crippen LogP contribution in [0.1, 0.15) is 12.0 Å². The van der Waals surface area contributed by atoms with Crippen LogP contribution < -0.4 is 9.47 Å². The Morgan fingerprint density at radius 1 is 1.24 bits per heavy atom. The fraction of sp³-hybridized carbons (Fsp3) is 0.471. The van der Waals surface area contributed by atoms with Crippen LogP contribution in [0, 0.1) is 0 Å². The van der Waals surface area contributed by atoms with Crippen LogP contribution in [0.2, 0.25) is 0 Å². The van der Waals surface area contributed by atoms with Crippen LogP contribution in [-0.2, 0) is 20.7 Å². The maximum Gasteiger partial charge on any atom is 0.417 e. The molecular weight excluding hydrogens is 328 g/mol. The number of amides is 3. The number of carbonyl (C=O) groups is 3. The van der Waals surface area contributed by atoms with E-state index in [1.54, 1.807) is 31.3 Å². The zero-order valence-electron chi connectivity index (χ0n) is 14.2. The number of benzene rings is 1. The fourth-order valence-corrected chi connectivity index (χ4v) is 3.17. The summed E-state index contributed by atoms with van der Waals surface area (Å²) in [5, 5.41) is 0. The summed E-state index contributed by atoms with van der Waals surface area (Å²) < 4.78 is 15.2. The van der Waals surface area contributed by atoms with E-state index in [1.807, 2.05) is 6.07 Å². The van der Waals surface area contributed by atoms with Gasteiger partial charge in [0.15, 0.2) is 18.1 Å². The minimum absolute atomic E-state index is 0.0604. The molecule has 8 nitrogen and oxygen atoms in total. The van der Waals surface area contributed by atoms with E-state index in [2.05, 4.69) is 0 Å². The zero-order chi connectivity index (χ0) is 18.0. The third-order valence-corrected chi connectivity index (χ3v) is 4.47. The number of carbonyl (C=O) groups excluding carboxylic acids is 3. The van der Waals surface area contributed by atoms with Gasteiger partial charge in [0.25, 0.3) is 5.91 Å². The molecule has 134 valence electrons. The van der Waals surface area contributed by atoms with Crippen molar-refractivity contribution in [1.82, 2.24) is 9.80 Å². The number of nitrogens with zero attached hydrogens (tertiary/aromatic N) is 2. The third-order valence-electron chi connectivity index (χ3n) is 4.47. The molecule has 2 heterocycles. The molecule has 1 aromatic carbocycles. The van der Waals surface area contributed by atoms with Crippen LogP contribution >= 0.6 is 0 Å². The zero-order valence-corrected chi connectivity index (χ0v) is 14.2. The second kappa shape index (κ2) is 7.00. The van der Waals surface area contributed by atoms with Crippen molar-refractivity contribution in [3.8, 4) is 11.5 Å². The van der Waals surface area contributed by atoms with Crippen molar-refractivity contribution in [2.24, 2.45) is 0 Å². The van der Waals surface area contributed by atoms with Crippen molar-refractivity contribution in [2.45, 2.75) is 18.9 Å². The molecule has 0 saturated carbocycles. The molecule has 2 saturated heterocycles. The maximum atomic E-state index is 12.5. The first kappa shape index (κ1) is 17.1. The van der Waals surface area contributed by atoms with Crippen molar-refractivity contribution in [2.75, 3.05) is 33.9 Å². The smallest absolute Gasteiger partial charge is 0.417 e. The number of rotatable bonds is 5. The van der Waals surface area contributed by atoms with Crippen molar-refractivity contribution in [3.05, 3.63) is 23.8 Å². The standard InChI is InChI=1S/C17H20N2O6/c1-23-13-4-3-11(7-14(13)24-2)8-15(20)18-6-5-12(9-18)19-16(21)10-25-17(19)22/h3-4,7,12H,5-6,8-10H2,1-2H3. The van der Waals surface area contributed by atoms with Crippen molar-refractivity contribution in [3.63, 3.8) is 0 Å². The third kappa shape index (κ3) is 3.38. The number of hydrogen-bond donors (Lipinski definition) is 0. The largest absolute Gasteiger partial charge is 0.493 e. The molecule has 25 heavy (non-hydrogen) atoms. The summed E-state index contributed by atoms with van der Waals surface area (Å²) >= 11 is 0. The molecule has 0 aliphatic carbocycles. The Morgan fingerprint density at radius 3 is 2.64 bits per heavy atom. The molecule has 2 aliphatic heterocycles. The van der Waals surface area contributed by atoms with Crippen LogP contribution in [0.3, 0.4) is 0 Å². The van der Waals surface area contributed by atoms with Gasteiger partial charge in [0.1, 0.15) is 0 Å². The molecule has 3 rings (SSSR count). The maximum absolute atomic E-state index is 12.5. The average Bonchev–Trinajstić information content (AvgIpc) is 3.21. The highest BCUT2D eigenvalue weighted by Crippen LogP contribution is 2.28. The molecule has 0 aromatic heterocycles. The lowest BCUT2D eigenvalue weighted by Crippen LogP contribution is -2.42. The van der Waals surface area contributed by atoms with E-state index in [0.717, 1.165) is 10.5 Å². The molecule has 0 N–H and O–H groups in total. The number of cyclic esters (lactones) is 1. The predicted octanol–water partition coefficient (Wildman–Crippen LogP) is 0.826. The summed E-state index contributed by atoms with van der Waals surface area (Å²) in [4.78, 5) is 38.7. The predicted molar refractivity (Wildman–Crippen MR) is 86.4 cm³/mol. The van der Waals surface area contributed by atoms with Crippen molar-refractivity contribution in [1.29, 1.82) is 0 Å². The highest BCUT2D eigenvalue weighted by molar-refractivity contribution is 5.98. The number of methoxy groups -OCH3 is 2. The number of hydrogen-bond acceptors (Lipinski definition) is 6.